The van der Waals surface area contributed by atoms with Gasteiger partial charge in [0.25, 0.3) is 0 Å². The number of hydrogen-bond acceptors (Lipinski definition) is 3. The quantitative estimate of drug-likeness (QED) is 0.917. The lowest BCUT2D eigenvalue weighted by Gasteiger charge is -2.11. The lowest BCUT2D eigenvalue weighted by atomic mass is 10.1. The average molecular weight is 345 g/mol. The number of hydrogen-bond donors (Lipinski definition) is 1. The molecule has 0 radical (unpaired) electrons. The minimum absolute atomic E-state index is 0.744. The molecule has 1 aliphatic heterocycles. The Morgan fingerprint density at radius 1 is 1.14 bits per heavy atom. The Kier molecular flexibility index (Phi) is 3.34. The first kappa shape index (κ1) is 13.1. The van der Waals surface area contributed by atoms with Gasteiger partial charge in [-0.2, -0.15) is 0 Å². The molecule has 2 aliphatic rings. The molecule has 108 valence electrons. The van der Waals surface area contributed by atoms with E-state index in [1.807, 2.05) is 0 Å². The number of ether oxygens (including phenoxy) is 1. The molecule has 0 fully saturated rings. The molecular weight excluding hydrogens is 328 g/mol. The van der Waals surface area contributed by atoms with Crippen molar-refractivity contribution in [1.29, 1.82) is 0 Å². The van der Waals surface area contributed by atoms with Crippen LogP contribution in [0.5, 0.6) is 5.75 Å². The van der Waals surface area contributed by atoms with E-state index in [-0.39, 0.29) is 0 Å². The number of nitrogens with zero attached hydrogens (tertiary/aromatic N) is 1. The molecule has 0 spiro atoms. The van der Waals surface area contributed by atoms with E-state index in [0.29, 0.717) is 0 Å². The highest BCUT2D eigenvalue weighted by molar-refractivity contribution is 9.10. The zero-order valence-corrected chi connectivity index (χ0v) is 13.4. The second-order valence-electron chi connectivity index (χ2n) is 5.66. The van der Waals surface area contributed by atoms with Crippen LogP contribution in [0.4, 0.5) is 5.82 Å². The van der Waals surface area contributed by atoms with Gasteiger partial charge in [-0.05, 0) is 48.6 Å². The second kappa shape index (κ2) is 5.34. The fraction of sp³-hybridized carbons (Fsp3) is 0.353. The standard InChI is InChI=1S/C17H17BrN2O/c18-14-8-12-6-7-21-17(12)13(9-14)10-19-16-5-4-11-2-1-3-15(11)20-16/h4-5,8-9H,1-3,6-7,10H2,(H,19,20). The smallest absolute Gasteiger partial charge is 0.127 e. The Balaban J connectivity index is 1.55. The lowest BCUT2D eigenvalue weighted by molar-refractivity contribution is 0.354. The van der Waals surface area contributed by atoms with E-state index in [1.54, 1.807) is 0 Å². The summed E-state index contributed by atoms with van der Waals surface area (Å²) in [5.41, 5.74) is 5.16. The van der Waals surface area contributed by atoms with E-state index in [0.717, 1.165) is 42.0 Å². The summed E-state index contributed by atoms with van der Waals surface area (Å²) in [5, 5.41) is 3.44. The monoisotopic (exact) mass is 344 g/mol. The van der Waals surface area contributed by atoms with Crippen LogP contribution in [0.3, 0.4) is 0 Å². The summed E-state index contributed by atoms with van der Waals surface area (Å²) in [6, 6.07) is 8.58. The van der Waals surface area contributed by atoms with E-state index >= 15 is 0 Å². The van der Waals surface area contributed by atoms with Crippen molar-refractivity contribution in [2.24, 2.45) is 0 Å². The maximum Gasteiger partial charge on any atom is 0.127 e. The van der Waals surface area contributed by atoms with Gasteiger partial charge in [-0.3, -0.25) is 0 Å². The molecule has 2 heterocycles. The number of nitrogens with one attached hydrogen (secondary N) is 1. The number of anilines is 1. The van der Waals surface area contributed by atoms with Gasteiger partial charge in [0, 0.05) is 28.7 Å². The third-order valence-electron chi connectivity index (χ3n) is 4.21. The van der Waals surface area contributed by atoms with Crippen molar-refractivity contribution in [1.82, 2.24) is 4.98 Å². The summed E-state index contributed by atoms with van der Waals surface area (Å²) < 4.78 is 6.88. The molecule has 2 aromatic rings. The van der Waals surface area contributed by atoms with Crippen LogP contribution in [0.2, 0.25) is 0 Å². The molecule has 1 aromatic heterocycles. The molecule has 0 amide bonds. The maximum absolute atomic E-state index is 5.77. The Bertz CT molecular complexity index is 699. The molecule has 0 bridgehead atoms. The van der Waals surface area contributed by atoms with Crippen molar-refractivity contribution in [2.45, 2.75) is 32.2 Å². The Morgan fingerprint density at radius 3 is 3.05 bits per heavy atom. The molecule has 21 heavy (non-hydrogen) atoms. The number of aryl methyl sites for hydroxylation is 2. The zero-order valence-electron chi connectivity index (χ0n) is 11.8. The molecular formula is C17H17BrN2O. The fourth-order valence-corrected chi connectivity index (χ4v) is 3.73. The molecule has 4 heteroatoms. The fourth-order valence-electron chi connectivity index (χ4n) is 3.18. The first-order valence-corrected chi connectivity index (χ1v) is 8.26. The van der Waals surface area contributed by atoms with Gasteiger partial charge in [-0.25, -0.2) is 4.98 Å². The van der Waals surface area contributed by atoms with Gasteiger partial charge in [0.15, 0.2) is 0 Å². The van der Waals surface area contributed by atoms with E-state index in [4.69, 9.17) is 9.72 Å². The predicted octanol–water partition coefficient (Wildman–Crippen LogP) is 3.88. The van der Waals surface area contributed by atoms with Crippen LogP contribution in [-0.2, 0) is 25.8 Å². The van der Waals surface area contributed by atoms with Crippen LogP contribution in [0.25, 0.3) is 0 Å². The van der Waals surface area contributed by atoms with E-state index in [2.05, 4.69) is 45.5 Å². The van der Waals surface area contributed by atoms with Crippen LogP contribution in [-0.4, -0.2) is 11.6 Å². The molecule has 4 rings (SSSR count). The van der Waals surface area contributed by atoms with Gasteiger partial charge in [-0.15, -0.1) is 0 Å². The maximum atomic E-state index is 5.77. The van der Waals surface area contributed by atoms with Gasteiger partial charge in [0.2, 0.25) is 0 Å². The van der Waals surface area contributed by atoms with E-state index in [1.165, 1.54) is 35.2 Å². The largest absolute Gasteiger partial charge is 0.493 e. The van der Waals surface area contributed by atoms with Crippen LogP contribution in [0, 0.1) is 0 Å². The minimum Gasteiger partial charge on any atom is -0.493 e. The minimum atomic E-state index is 0.744. The van der Waals surface area contributed by atoms with Crippen LogP contribution >= 0.6 is 15.9 Å². The predicted molar refractivity (Wildman–Crippen MR) is 86.9 cm³/mol. The second-order valence-corrected chi connectivity index (χ2v) is 6.58. The van der Waals surface area contributed by atoms with Crippen molar-refractivity contribution < 1.29 is 4.74 Å². The van der Waals surface area contributed by atoms with Crippen LogP contribution in [0.15, 0.2) is 28.7 Å². The Morgan fingerprint density at radius 2 is 2.10 bits per heavy atom. The van der Waals surface area contributed by atoms with Crippen molar-refractivity contribution >= 4 is 21.7 Å². The summed E-state index contributed by atoms with van der Waals surface area (Å²) in [6.07, 6.45) is 4.52. The summed E-state index contributed by atoms with van der Waals surface area (Å²) in [7, 11) is 0. The molecule has 0 saturated heterocycles. The van der Waals surface area contributed by atoms with Gasteiger partial charge < -0.3 is 10.1 Å². The molecule has 1 aromatic carbocycles. The van der Waals surface area contributed by atoms with Crippen molar-refractivity contribution in [3.63, 3.8) is 0 Å². The number of halogens is 1. The topological polar surface area (TPSA) is 34.2 Å². The summed E-state index contributed by atoms with van der Waals surface area (Å²) >= 11 is 3.58. The first-order chi connectivity index (χ1) is 10.3. The average Bonchev–Trinajstić information content (AvgIpc) is 3.12. The van der Waals surface area contributed by atoms with Crippen molar-refractivity contribution in [3.05, 3.63) is 51.1 Å². The van der Waals surface area contributed by atoms with Crippen LogP contribution in [0.1, 0.15) is 28.8 Å². The molecule has 0 saturated carbocycles. The third kappa shape index (κ3) is 2.53. The van der Waals surface area contributed by atoms with E-state index < -0.39 is 0 Å². The molecule has 0 atom stereocenters. The van der Waals surface area contributed by atoms with Crippen molar-refractivity contribution in [3.8, 4) is 5.75 Å². The van der Waals surface area contributed by atoms with Gasteiger partial charge in [0.05, 0.1) is 6.61 Å². The zero-order chi connectivity index (χ0) is 14.2. The molecule has 3 nitrogen and oxygen atoms in total. The Hall–Kier alpha value is -1.55. The SMILES string of the molecule is Brc1cc2c(c(CNc3ccc4c(n3)CCC4)c1)OCC2. The Labute approximate surface area is 132 Å². The normalized spacial score (nSPS) is 15.5. The number of rotatable bonds is 3. The summed E-state index contributed by atoms with van der Waals surface area (Å²) in [6.45, 7) is 1.53. The highest BCUT2D eigenvalue weighted by Gasteiger charge is 2.18. The number of benzene rings is 1. The summed E-state index contributed by atoms with van der Waals surface area (Å²) in [5.74, 6) is 2.01. The molecule has 1 N–H and O–H groups in total. The van der Waals surface area contributed by atoms with Gasteiger partial charge in [-0.1, -0.05) is 22.0 Å². The van der Waals surface area contributed by atoms with Crippen molar-refractivity contribution in [2.75, 3.05) is 11.9 Å². The lowest BCUT2D eigenvalue weighted by Crippen LogP contribution is -2.04. The number of aromatic nitrogens is 1. The third-order valence-corrected chi connectivity index (χ3v) is 4.67. The number of fused-ring (bicyclic) bond motifs is 2. The highest BCUT2D eigenvalue weighted by Crippen LogP contribution is 2.33. The first-order valence-electron chi connectivity index (χ1n) is 7.46. The summed E-state index contributed by atoms with van der Waals surface area (Å²) in [4.78, 5) is 4.72. The van der Waals surface area contributed by atoms with Gasteiger partial charge in [0.1, 0.15) is 11.6 Å². The van der Waals surface area contributed by atoms with E-state index in [9.17, 15) is 0 Å². The molecule has 1 aliphatic carbocycles. The number of pyridine rings is 1. The van der Waals surface area contributed by atoms with Crippen LogP contribution < -0.4 is 10.1 Å². The highest BCUT2D eigenvalue weighted by atomic mass is 79.9. The molecule has 0 unspecified atom stereocenters. The van der Waals surface area contributed by atoms with Gasteiger partial charge >= 0.3 is 0 Å².